The highest BCUT2D eigenvalue weighted by Gasteiger charge is 2.08. The molecule has 3 rings (SSSR count). The first-order valence-corrected chi connectivity index (χ1v) is 7.05. The Balaban J connectivity index is 1.71. The normalized spacial score (nSPS) is 10.3. The lowest BCUT2D eigenvalue weighted by molar-refractivity contribution is 0.101. The van der Waals surface area contributed by atoms with Gasteiger partial charge < -0.3 is 9.73 Å². The van der Waals surface area contributed by atoms with Crippen LogP contribution in [-0.4, -0.2) is 16.7 Å². The van der Waals surface area contributed by atoms with E-state index in [2.05, 4.69) is 10.3 Å². The summed E-state index contributed by atoms with van der Waals surface area (Å²) in [5.74, 6) is 0.423. The fraction of sp³-hybridized carbons (Fsp3) is 0.0556. The van der Waals surface area contributed by atoms with Crippen LogP contribution in [0.25, 0.3) is 11.3 Å². The maximum Gasteiger partial charge on any atom is 0.255 e. The minimum Gasteiger partial charge on any atom is -0.444 e. The van der Waals surface area contributed by atoms with E-state index in [0.29, 0.717) is 22.6 Å². The zero-order valence-electron chi connectivity index (χ0n) is 12.4. The van der Waals surface area contributed by atoms with E-state index in [1.54, 1.807) is 54.7 Å². The van der Waals surface area contributed by atoms with E-state index in [4.69, 9.17) is 4.42 Å². The van der Waals surface area contributed by atoms with Crippen LogP contribution in [0.4, 0.5) is 5.69 Å². The van der Waals surface area contributed by atoms with Crippen molar-refractivity contribution in [2.45, 2.75) is 6.92 Å². The van der Waals surface area contributed by atoms with Gasteiger partial charge in [-0.05, 0) is 43.3 Å². The van der Waals surface area contributed by atoms with Crippen LogP contribution in [0.1, 0.15) is 27.6 Å². The first kappa shape index (κ1) is 14.7. The van der Waals surface area contributed by atoms with Gasteiger partial charge in [0.15, 0.2) is 17.9 Å². The van der Waals surface area contributed by atoms with Gasteiger partial charge in [0.2, 0.25) is 0 Å². The zero-order chi connectivity index (χ0) is 16.2. The Bertz CT molecular complexity index is 820. The Morgan fingerprint density at radius 3 is 2.17 bits per heavy atom. The highest BCUT2D eigenvalue weighted by Crippen LogP contribution is 2.19. The summed E-state index contributed by atoms with van der Waals surface area (Å²) in [5.41, 5.74) is 2.63. The number of Topliss-reactive ketones (excluding diaryl/α,β-unsaturated/α-hetero) is 1. The molecule has 114 valence electrons. The minimum absolute atomic E-state index is 0.00844. The van der Waals surface area contributed by atoms with E-state index in [9.17, 15) is 9.59 Å². The molecule has 1 N–H and O–H groups in total. The molecule has 0 bridgehead atoms. The molecular formula is C18H14N2O3. The molecule has 0 aliphatic rings. The van der Waals surface area contributed by atoms with Crippen LogP contribution in [0.3, 0.4) is 0 Å². The number of ketones is 1. The quantitative estimate of drug-likeness (QED) is 0.744. The molecule has 0 saturated heterocycles. The van der Waals surface area contributed by atoms with Gasteiger partial charge in [-0.25, -0.2) is 4.98 Å². The van der Waals surface area contributed by atoms with Gasteiger partial charge in [-0.15, -0.1) is 0 Å². The largest absolute Gasteiger partial charge is 0.444 e. The second kappa shape index (κ2) is 6.27. The van der Waals surface area contributed by atoms with Crippen molar-refractivity contribution in [1.29, 1.82) is 0 Å². The number of carbonyl (C=O) groups is 2. The van der Waals surface area contributed by atoms with Crippen molar-refractivity contribution in [3.8, 4) is 11.3 Å². The van der Waals surface area contributed by atoms with E-state index in [1.807, 2.05) is 0 Å². The summed E-state index contributed by atoms with van der Waals surface area (Å²) in [5, 5.41) is 2.79. The number of anilines is 1. The zero-order valence-corrected chi connectivity index (χ0v) is 12.4. The van der Waals surface area contributed by atoms with Gasteiger partial charge in [0.1, 0.15) is 0 Å². The van der Waals surface area contributed by atoms with Crippen molar-refractivity contribution in [3.05, 3.63) is 72.2 Å². The Labute approximate surface area is 133 Å². The predicted octanol–water partition coefficient (Wildman–Crippen LogP) is 3.80. The molecule has 0 unspecified atom stereocenters. The smallest absolute Gasteiger partial charge is 0.255 e. The third-order valence-corrected chi connectivity index (χ3v) is 3.41. The van der Waals surface area contributed by atoms with Crippen LogP contribution >= 0.6 is 0 Å². The van der Waals surface area contributed by atoms with Gasteiger partial charge in [-0.2, -0.15) is 0 Å². The number of hydrogen-bond donors (Lipinski definition) is 1. The van der Waals surface area contributed by atoms with Crippen molar-refractivity contribution >= 4 is 17.4 Å². The van der Waals surface area contributed by atoms with E-state index in [1.165, 1.54) is 13.3 Å². The summed E-state index contributed by atoms with van der Waals surface area (Å²) in [7, 11) is 0. The standard InChI is InChI=1S/C18H14N2O3/c1-12(21)13-6-8-16(9-7-13)20-18(22)15-4-2-14(3-5-15)17-10-19-11-23-17/h2-11H,1H3,(H,20,22). The van der Waals surface area contributed by atoms with E-state index >= 15 is 0 Å². The summed E-state index contributed by atoms with van der Waals surface area (Å²) < 4.78 is 5.21. The number of nitrogens with one attached hydrogen (secondary N) is 1. The number of benzene rings is 2. The molecule has 0 saturated carbocycles. The van der Waals surface area contributed by atoms with Crippen molar-refractivity contribution < 1.29 is 14.0 Å². The Kier molecular flexibility index (Phi) is 4.01. The highest BCUT2D eigenvalue weighted by atomic mass is 16.3. The SMILES string of the molecule is CC(=O)c1ccc(NC(=O)c2ccc(-c3cnco3)cc2)cc1. The van der Waals surface area contributed by atoms with Gasteiger partial charge in [0.25, 0.3) is 5.91 Å². The summed E-state index contributed by atoms with van der Waals surface area (Å²) >= 11 is 0. The van der Waals surface area contributed by atoms with E-state index in [0.717, 1.165) is 5.56 Å². The summed E-state index contributed by atoms with van der Waals surface area (Å²) in [6.07, 6.45) is 2.98. The van der Waals surface area contributed by atoms with Crippen LogP contribution in [0, 0.1) is 0 Å². The van der Waals surface area contributed by atoms with Crippen molar-refractivity contribution in [2.75, 3.05) is 5.32 Å². The van der Waals surface area contributed by atoms with Crippen molar-refractivity contribution in [1.82, 2.24) is 4.98 Å². The van der Waals surface area contributed by atoms with E-state index in [-0.39, 0.29) is 11.7 Å². The number of nitrogens with zero attached hydrogens (tertiary/aromatic N) is 1. The van der Waals surface area contributed by atoms with Gasteiger partial charge in [-0.1, -0.05) is 12.1 Å². The molecule has 1 heterocycles. The third kappa shape index (κ3) is 3.35. The van der Waals surface area contributed by atoms with Crippen LogP contribution in [0.5, 0.6) is 0 Å². The lowest BCUT2D eigenvalue weighted by Gasteiger charge is -2.06. The summed E-state index contributed by atoms with van der Waals surface area (Å²) in [4.78, 5) is 27.3. The fourth-order valence-electron chi connectivity index (χ4n) is 2.14. The molecule has 0 spiro atoms. The molecule has 0 aliphatic heterocycles. The number of amides is 1. The Morgan fingerprint density at radius 1 is 0.957 bits per heavy atom. The second-order valence-electron chi connectivity index (χ2n) is 5.03. The molecule has 23 heavy (non-hydrogen) atoms. The molecule has 0 aliphatic carbocycles. The van der Waals surface area contributed by atoms with Crippen molar-refractivity contribution in [3.63, 3.8) is 0 Å². The van der Waals surface area contributed by atoms with Crippen LogP contribution in [0.15, 0.2) is 65.5 Å². The monoisotopic (exact) mass is 306 g/mol. The molecule has 1 aromatic heterocycles. The first-order valence-electron chi connectivity index (χ1n) is 7.05. The maximum absolute atomic E-state index is 12.2. The lowest BCUT2D eigenvalue weighted by Crippen LogP contribution is -2.11. The van der Waals surface area contributed by atoms with Gasteiger partial charge in [-0.3, -0.25) is 9.59 Å². The number of oxazole rings is 1. The molecule has 1 amide bonds. The maximum atomic E-state index is 12.2. The average molecular weight is 306 g/mol. The number of aromatic nitrogens is 1. The van der Waals surface area contributed by atoms with Gasteiger partial charge >= 0.3 is 0 Å². The number of rotatable bonds is 4. The van der Waals surface area contributed by atoms with Gasteiger partial charge in [0.05, 0.1) is 6.20 Å². The van der Waals surface area contributed by atoms with E-state index < -0.39 is 0 Å². The molecule has 2 aromatic carbocycles. The summed E-state index contributed by atoms with van der Waals surface area (Å²) in [6, 6.07) is 13.8. The highest BCUT2D eigenvalue weighted by molar-refractivity contribution is 6.04. The molecular weight excluding hydrogens is 292 g/mol. The molecule has 5 nitrogen and oxygen atoms in total. The fourth-order valence-corrected chi connectivity index (χ4v) is 2.14. The lowest BCUT2D eigenvalue weighted by atomic mass is 10.1. The molecule has 5 heteroatoms. The topological polar surface area (TPSA) is 72.2 Å². The number of carbonyl (C=O) groups excluding carboxylic acids is 2. The first-order chi connectivity index (χ1) is 11.1. The summed E-state index contributed by atoms with van der Waals surface area (Å²) in [6.45, 7) is 1.50. The second-order valence-corrected chi connectivity index (χ2v) is 5.03. The van der Waals surface area contributed by atoms with Gasteiger partial charge in [0, 0.05) is 22.4 Å². The average Bonchev–Trinajstić information content (AvgIpc) is 3.10. The molecule has 0 fully saturated rings. The molecule has 0 atom stereocenters. The third-order valence-electron chi connectivity index (χ3n) is 3.41. The molecule has 3 aromatic rings. The van der Waals surface area contributed by atoms with Crippen molar-refractivity contribution in [2.24, 2.45) is 0 Å². The Hall–Kier alpha value is -3.21. The molecule has 0 radical (unpaired) electrons. The van der Waals surface area contributed by atoms with Crippen LogP contribution < -0.4 is 5.32 Å². The number of hydrogen-bond acceptors (Lipinski definition) is 4. The Morgan fingerprint density at radius 2 is 1.61 bits per heavy atom. The van der Waals surface area contributed by atoms with Crippen LogP contribution in [0.2, 0.25) is 0 Å². The minimum atomic E-state index is -0.218. The predicted molar refractivity (Wildman–Crippen MR) is 86.3 cm³/mol. The van der Waals surface area contributed by atoms with Crippen LogP contribution in [-0.2, 0) is 0 Å².